The zero-order valence-electron chi connectivity index (χ0n) is 12.3. The van der Waals surface area contributed by atoms with E-state index in [1.54, 1.807) is 0 Å². The number of nitrogens with one attached hydrogen (secondary N) is 1. The van der Waals surface area contributed by atoms with Gasteiger partial charge in [-0.25, -0.2) is 0 Å². The first-order chi connectivity index (χ1) is 9.76. The van der Waals surface area contributed by atoms with Crippen molar-refractivity contribution in [2.45, 2.75) is 56.8 Å². The summed E-state index contributed by atoms with van der Waals surface area (Å²) in [6, 6.07) is 12.1. The molecule has 3 heteroatoms. The van der Waals surface area contributed by atoms with Gasteiger partial charge in [-0.15, -0.1) is 0 Å². The van der Waals surface area contributed by atoms with Gasteiger partial charge in [0.15, 0.2) is 0 Å². The number of benzene rings is 1. The summed E-state index contributed by atoms with van der Waals surface area (Å²) in [5.41, 5.74) is 1.03. The Morgan fingerprint density at radius 2 is 1.85 bits per heavy atom. The van der Waals surface area contributed by atoms with Gasteiger partial charge in [-0.05, 0) is 37.8 Å². The number of hydrogen-bond acceptors (Lipinski definition) is 3. The number of aliphatic hydroxyl groups excluding tert-OH is 1. The SMILES string of the molecule is CCN(CC(O)c1ccccc1)C1CC2CCC(C1)N2. The molecule has 0 aliphatic carbocycles. The maximum Gasteiger partial charge on any atom is 0.0917 e. The van der Waals surface area contributed by atoms with Crippen molar-refractivity contribution >= 4 is 0 Å². The van der Waals surface area contributed by atoms with Crippen LogP contribution in [0.3, 0.4) is 0 Å². The molecule has 3 rings (SSSR count). The molecule has 3 nitrogen and oxygen atoms in total. The molecule has 2 aliphatic heterocycles. The molecule has 2 bridgehead atoms. The van der Waals surface area contributed by atoms with E-state index >= 15 is 0 Å². The highest BCUT2D eigenvalue weighted by Crippen LogP contribution is 2.30. The third-order valence-corrected chi connectivity index (χ3v) is 4.96. The Bertz CT molecular complexity index is 410. The predicted molar refractivity (Wildman–Crippen MR) is 81.6 cm³/mol. The third-order valence-electron chi connectivity index (χ3n) is 4.96. The van der Waals surface area contributed by atoms with Gasteiger partial charge in [0.1, 0.15) is 0 Å². The number of aliphatic hydroxyl groups is 1. The summed E-state index contributed by atoms with van der Waals surface area (Å²) < 4.78 is 0. The Morgan fingerprint density at radius 1 is 1.20 bits per heavy atom. The Labute approximate surface area is 122 Å². The first kappa shape index (κ1) is 14.1. The van der Waals surface area contributed by atoms with Crippen LogP contribution in [0.1, 0.15) is 44.3 Å². The molecule has 0 saturated carbocycles. The lowest BCUT2D eigenvalue weighted by Crippen LogP contribution is -2.49. The van der Waals surface area contributed by atoms with Gasteiger partial charge in [0, 0.05) is 24.7 Å². The van der Waals surface area contributed by atoms with E-state index in [1.165, 1.54) is 25.7 Å². The lowest BCUT2D eigenvalue weighted by molar-refractivity contribution is 0.0713. The van der Waals surface area contributed by atoms with Gasteiger partial charge in [0.25, 0.3) is 0 Å². The molecule has 3 atom stereocenters. The van der Waals surface area contributed by atoms with Gasteiger partial charge >= 0.3 is 0 Å². The Kier molecular flexibility index (Phi) is 4.39. The molecular weight excluding hydrogens is 248 g/mol. The highest BCUT2D eigenvalue weighted by atomic mass is 16.3. The lowest BCUT2D eigenvalue weighted by Gasteiger charge is -2.38. The fraction of sp³-hybridized carbons (Fsp3) is 0.647. The zero-order chi connectivity index (χ0) is 13.9. The Morgan fingerprint density at radius 3 is 2.45 bits per heavy atom. The highest BCUT2D eigenvalue weighted by molar-refractivity contribution is 5.17. The number of hydrogen-bond donors (Lipinski definition) is 2. The molecule has 20 heavy (non-hydrogen) atoms. The van der Waals surface area contributed by atoms with Crippen molar-refractivity contribution in [3.63, 3.8) is 0 Å². The van der Waals surface area contributed by atoms with Crippen LogP contribution >= 0.6 is 0 Å². The van der Waals surface area contributed by atoms with Crippen molar-refractivity contribution in [2.24, 2.45) is 0 Å². The molecule has 1 aromatic carbocycles. The quantitative estimate of drug-likeness (QED) is 0.865. The summed E-state index contributed by atoms with van der Waals surface area (Å²) in [6.07, 6.45) is 4.78. The molecule has 0 spiro atoms. The van der Waals surface area contributed by atoms with E-state index in [1.807, 2.05) is 30.3 Å². The van der Waals surface area contributed by atoms with Gasteiger partial charge in [-0.2, -0.15) is 0 Å². The van der Waals surface area contributed by atoms with Gasteiger partial charge < -0.3 is 10.4 Å². The Balaban J connectivity index is 1.62. The van der Waals surface area contributed by atoms with Crippen molar-refractivity contribution in [3.8, 4) is 0 Å². The second kappa shape index (κ2) is 6.25. The monoisotopic (exact) mass is 274 g/mol. The normalized spacial score (nSPS) is 30.6. The van der Waals surface area contributed by atoms with E-state index in [2.05, 4.69) is 17.1 Å². The van der Waals surface area contributed by atoms with Gasteiger partial charge in [0.05, 0.1) is 6.10 Å². The number of fused-ring (bicyclic) bond motifs is 2. The minimum absolute atomic E-state index is 0.372. The van der Waals surface area contributed by atoms with E-state index < -0.39 is 0 Å². The fourth-order valence-corrected chi connectivity index (χ4v) is 3.86. The second-order valence-electron chi connectivity index (χ2n) is 6.28. The van der Waals surface area contributed by atoms with Gasteiger partial charge in [0.2, 0.25) is 0 Å². The summed E-state index contributed by atoms with van der Waals surface area (Å²) >= 11 is 0. The van der Waals surface area contributed by atoms with Crippen molar-refractivity contribution < 1.29 is 5.11 Å². The number of rotatable bonds is 5. The van der Waals surface area contributed by atoms with Crippen molar-refractivity contribution in [3.05, 3.63) is 35.9 Å². The van der Waals surface area contributed by atoms with E-state index in [-0.39, 0.29) is 6.10 Å². The van der Waals surface area contributed by atoms with Crippen LogP contribution in [0.25, 0.3) is 0 Å². The van der Waals surface area contributed by atoms with Crippen LogP contribution in [0.5, 0.6) is 0 Å². The average Bonchev–Trinajstić information content (AvgIpc) is 2.83. The number of likely N-dealkylation sites (N-methyl/N-ethyl adjacent to an activating group) is 1. The van der Waals surface area contributed by atoms with Crippen LogP contribution in [-0.2, 0) is 0 Å². The first-order valence-corrected chi connectivity index (χ1v) is 7.99. The van der Waals surface area contributed by atoms with Crippen molar-refractivity contribution in [1.29, 1.82) is 0 Å². The van der Waals surface area contributed by atoms with E-state index in [0.29, 0.717) is 18.1 Å². The number of nitrogens with zero attached hydrogens (tertiary/aromatic N) is 1. The standard InChI is InChI=1S/C17H26N2O/c1-2-19(12-17(20)13-6-4-3-5-7-13)16-10-14-8-9-15(11-16)18-14/h3-7,14-18,20H,2,8-12H2,1H3. The summed E-state index contributed by atoms with van der Waals surface area (Å²) in [5, 5.41) is 14.1. The minimum atomic E-state index is -0.372. The zero-order valence-corrected chi connectivity index (χ0v) is 12.3. The molecule has 0 radical (unpaired) electrons. The molecule has 2 saturated heterocycles. The number of piperidine rings is 1. The highest BCUT2D eigenvalue weighted by Gasteiger charge is 2.36. The molecule has 2 N–H and O–H groups in total. The molecule has 2 aliphatic rings. The minimum Gasteiger partial charge on any atom is -0.387 e. The third kappa shape index (κ3) is 3.05. The molecule has 1 aromatic rings. The van der Waals surface area contributed by atoms with Crippen LogP contribution < -0.4 is 5.32 Å². The summed E-state index contributed by atoms with van der Waals surface area (Å²) in [7, 11) is 0. The maximum atomic E-state index is 10.4. The molecule has 0 aromatic heterocycles. The predicted octanol–water partition coefficient (Wildman–Crippen LogP) is 2.32. The second-order valence-corrected chi connectivity index (χ2v) is 6.28. The summed E-state index contributed by atoms with van der Waals surface area (Å²) in [6.45, 7) is 3.99. The van der Waals surface area contributed by atoms with Crippen LogP contribution in [0.4, 0.5) is 0 Å². The molecule has 2 heterocycles. The lowest BCUT2D eigenvalue weighted by atomic mass is 9.97. The molecule has 0 amide bonds. The van der Waals surface area contributed by atoms with Crippen LogP contribution in [0.2, 0.25) is 0 Å². The molecule has 110 valence electrons. The summed E-state index contributed by atoms with van der Waals surface area (Å²) in [5.74, 6) is 0. The van der Waals surface area contributed by atoms with Gasteiger partial charge in [-0.1, -0.05) is 37.3 Å². The van der Waals surface area contributed by atoms with Gasteiger partial charge in [-0.3, -0.25) is 4.90 Å². The summed E-state index contributed by atoms with van der Waals surface area (Å²) in [4.78, 5) is 2.48. The van der Waals surface area contributed by atoms with Crippen molar-refractivity contribution in [2.75, 3.05) is 13.1 Å². The fourth-order valence-electron chi connectivity index (χ4n) is 3.86. The Hall–Kier alpha value is -0.900. The molecule has 2 fully saturated rings. The van der Waals surface area contributed by atoms with Crippen molar-refractivity contribution in [1.82, 2.24) is 10.2 Å². The molecule has 3 unspecified atom stereocenters. The smallest absolute Gasteiger partial charge is 0.0917 e. The largest absolute Gasteiger partial charge is 0.387 e. The van der Waals surface area contributed by atoms with E-state index in [9.17, 15) is 5.11 Å². The molecular formula is C17H26N2O. The maximum absolute atomic E-state index is 10.4. The average molecular weight is 274 g/mol. The van der Waals surface area contributed by atoms with Crippen LogP contribution in [0, 0.1) is 0 Å². The first-order valence-electron chi connectivity index (χ1n) is 7.99. The van der Waals surface area contributed by atoms with Crippen LogP contribution in [0.15, 0.2) is 30.3 Å². The van der Waals surface area contributed by atoms with E-state index in [4.69, 9.17) is 0 Å². The van der Waals surface area contributed by atoms with E-state index in [0.717, 1.165) is 18.7 Å². The topological polar surface area (TPSA) is 35.5 Å². The van der Waals surface area contributed by atoms with Crippen LogP contribution in [-0.4, -0.2) is 41.2 Å².